The first kappa shape index (κ1) is 16.0. The summed E-state index contributed by atoms with van der Waals surface area (Å²) < 4.78 is 0. The zero-order chi connectivity index (χ0) is 17.1. The third kappa shape index (κ3) is 3.62. The molecule has 4 rings (SSSR count). The lowest BCUT2D eigenvalue weighted by molar-refractivity contribution is -0.129. The van der Waals surface area contributed by atoms with Crippen LogP contribution in [0.25, 0.3) is 0 Å². The number of aryl methyl sites for hydroxylation is 2. The van der Waals surface area contributed by atoms with Crippen LogP contribution in [0, 0.1) is 0 Å². The first-order valence-corrected chi connectivity index (χ1v) is 9.19. The van der Waals surface area contributed by atoms with Gasteiger partial charge in [-0.25, -0.2) is 4.98 Å². The van der Waals surface area contributed by atoms with Crippen molar-refractivity contribution in [3.05, 3.63) is 41.7 Å². The smallest absolute Gasteiger partial charge is 0.242 e. The van der Waals surface area contributed by atoms with E-state index in [2.05, 4.69) is 44.5 Å². The number of carbonyl (C=O) groups excluding carboxylic acids is 1. The number of fused-ring (bicyclic) bond motifs is 1. The molecule has 25 heavy (non-hydrogen) atoms. The summed E-state index contributed by atoms with van der Waals surface area (Å²) in [5, 5.41) is 3.17. The average Bonchev–Trinajstić information content (AvgIpc) is 3.10. The van der Waals surface area contributed by atoms with E-state index in [0.717, 1.165) is 50.7 Å². The molecule has 0 spiro atoms. The Labute approximate surface area is 148 Å². The molecule has 2 aromatic rings. The van der Waals surface area contributed by atoms with Gasteiger partial charge in [-0.05, 0) is 37.8 Å². The summed E-state index contributed by atoms with van der Waals surface area (Å²) in [4.78, 5) is 24.6. The molecule has 6 nitrogen and oxygen atoms in total. The Morgan fingerprint density at radius 3 is 2.60 bits per heavy atom. The number of rotatable bonds is 4. The van der Waals surface area contributed by atoms with E-state index in [0.29, 0.717) is 6.54 Å². The van der Waals surface area contributed by atoms with Crippen molar-refractivity contribution in [2.75, 3.05) is 42.9 Å². The number of piperazine rings is 1. The van der Waals surface area contributed by atoms with Gasteiger partial charge in [-0.15, -0.1) is 0 Å². The lowest BCUT2D eigenvalue weighted by atomic mass is 10.0. The Bertz CT molecular complexity index is 695. The van der Waals surface area contributed by atoms with E-state index in [-0.39, 0.29) is 5.91 Å². The summed E-state index contributed by atoms with van der Waals surface area (Å²) in [6, 6.07) is 10.4. The molecule has 6 heteroatoms. The summed E-state index contributed by atoms with van der Waals surface area (Å²) in [5.74, 6) is 0.880. The number of hydrogen-bond acceptors (Lipinski definition) is 4. The van der Waals surface area contributed by atoms with Gasteiger partial charge >= 0.3 is 0 Å². The Kier molecular flexibility index (Phi) is 4.59. The zero-order valence-corrected chi connectivity index (χ0v) is 14.5. The second-order valence-corrected chi connectivity index (χ2v) is 6.77. The summed E-state index contributed by atoms with van der Waals surface area (Å²) in [6.07, 6.45) is 4.55. The first-order chi connectivity index (χ1) is 12.3. The van der Waals surface area contributed by atoms with E-state index in [1.54, 1.807) is 0 Å². The van der Waals surface area contributed by atoms with Gasteiger partial charge in [0.15, 0.2) is 0 Å². The average molecular weight is 339 g/mol. The SMILES string of the molecule is O=C(CNc1nc2c([nH]1)CCCC2)N1CCN(c2ccccc2)CC1. The van der Waals surface area contributed by atoms with E-state index in [1.165, 1.54) is 24.2 Å². The van der Waals surface area contributed by atoms with Crippen molar-refractivity contribution in [1.82, 2.24) is 14.9 Å². The second kappa shape index (κ2) is 7.17. The van der Waals surface area contributed by atoms with Gasteiger partial charge in [-0.2, -0.15) is 0 Å². The summed E-state index contributed by atoms with van der Waals surface area (Å²) in [6.45, 7) is 3.60. The number of para-hydroxylation sites is 1. The van der Waals surface area contributed by atoms with Crippen LogP contribution in [-0.2, 0) is 17.6 Å². The standard InChI is InChI=1S/C19H25N5O/c25-18(14-20-19-21-16-8-4-5-9-17(16)22-19)24-12-10-23(11-13-24)15-6-2-1-3-7-15/h1-3,6-7H,4-5,8-14H2,(H2,20,21,22). The predicted molar refractivity (Wildman–Crippen MR) is 99.0 cm³/mol. The van der Waals surface area contributed by atoms with E-state index < -0.39 is 0 Å². The molecule has 1 fully saturated rings. The van der Waals surface area contributed by atoms with Crippen molar-refractivity contribution in [2.24, 2.45) is 0 Å². The highest BCUT2D eigenvalue weighted by molar-refractivity contribution is 5.80. The highest BCUT2D eigenvalue weighted by Crippen LogP contribution is 2.20. The molecule has 0 saturated carbocycles. The van der Waals surface area contributed by atoms with E-state index in [1.807, 2.05) is 11.0 Å². The van der Waals surface area contributed by atoms with E-state index >= 15 is 0 Å². The maximum Gasteiger partial charge on any atom is 0.242 e. The molecule has 132 valence electrons. The largest absolute Gasteiger partial charge is 0.368 e. The fraction of sp³-hybridized carbons (Fsp3) is 0.474. The summed E-state index contributed by atoms with van der Waals surface area (Å²) in [5.41, 5.74) is 3.63. The molecule has 1 aromatic carbocycles. The molecule has 2 aliphatic rings. The van der Waals surface area contributed by atoms with Crippen LogP contribution in [0.1, 0.15) is 24.2 Å². The first-order valence-electron chi connectivity index (χ1n) is 9.19. The lowest BCUT2D eigenvalue weighted by Crippen LogP contribution is -2.50. The minimum Gasteiger partial charge on any atom is -0.368 e. The van der Waals surface area contributed by atoms with Gasteiger partial charge in [-0.3, -0.25) is 4.79 Å². The molecule has 0 radical (unpaired) electrons. The van der Waals surface area contributed by atoms with E-state index in [9.17, 15) is 4.79 Å². The number of benzene rings is 1. The topological polar surface area (TPSA) is 64.3 Å². The third-order valence-corrected chi connectivity index (χ3v) is 5.12. The Morgan fingerprint density at radius 2 is 1.84 bits per heavy atom. The Morgan fingerprint density at radius 1 is 1.08 bits per heavy atom. The molecular formula is C19H25N5O. The molecule has 1 aromatic heterocycles. The monoisotopic (exact) mass is 339 g/mol. The number of imidazole rings is 1. The highest BCUT2D eigenvalue weighted by Gasteiger charge is 2.21. The molecule has 2 N–H and O–H groups in total. The van der Waals surface area contributed by atoms with Crippen LogP contribution in [0.4, 0.5) is 11.6 Å². The van der Waals surface area contributed by atoms with Gasteiger partial charge in [0.1, 0.15) is 0 Å². The maximum absolute atomic E-state index is 12.5. The quantitative estimate of drug-likeness (QED) is 0.895. The van der Waals surface area contributed by atoms with Crippen molar-refractivity contribution in [3.8, 4) is 0 Å². The molecule has 1 aliphatic heterocycles. The van der Waals surface area contributed by atoms with Gasteiger partial charge in [0.2, 0.25) is 11.9 Å². The Hall–Kier alpha value is -2.50. The van der Waals surface area contributed by atoms with Crippen LogP contribution < -0.4 is 10.2 Å². The van der Waals surface area contributed by atoms with Crippen molar-refractivity contribution >= 4 is 17.5 Å². The number of aromatic amines is 1. The molecule has 1 aliphatic carbocycles. The van der Waals surface area contributed by atoms with Gasteiger partial charge in [-0.1, -0.05) is 18.2 Å². The van der Waals surface area contributed by atoms with Gasteiger partial charge < -0.3 is 20.1 Å². The number of carbonyl (C=O) groups is 1. The maximum atomic E-state index is 12.5. The molecule has 1 saturated heterocycles. The van der Waals surface area contributed by atoms with E-state index in [4.69, 9.17) is 0 Å². The van der Waals surface area contributed by atoms with Crippen LogP contribution in [0.15, 0.2) is 30.3 Å². The number of amides is 1. The normalized spacial score (nSPS) is 17.3. The van der Waals surface area contributed by atoms with Crippen LogP contribution in [0.5, 0.6) is 0 Å². The molecule has 1 amide bonds. The summed E-state index contributed by atoms with van der Waals surface area (Å²) >= 11 is 0. The fourth-order valence-electron chi connectivity index (χ4n) is 3.66. The number of hydrogen-bond donors (Lipinski definition) is 2. The minimum absolute atomic E-state index is 0.141. The van der Waals surface area contributed by atoms with Gasteiger partial charge in [0.05, 0.1) is 12.2 Å². The second-order valence-electron chi connectivity index (χ2n) is 6.77. The number of anilines is 2. The van der Waals surface area contributed by atoms with Crippen molar-refractivity contribution < 1.29 is 4.79 Å². The summed E-state index contributed by atoms with van der Waals surface area (Å²) in [7, 11) is 0. The van der Waals surface area contributed by atoms with Crippen molar-refractivity contribution in [2.45, 2.75) is 25.7 Å². The van der Waals surface area contributed by atoms with Gasteiger partial charge in [0.25, 0.3) is 0 Å². The van der Waals surface area contributed by atoms with Gasteiger partial charge in [0, 0.05) is 37.6 Å². The fourth-order valence-corrected chi connectivity index (χ4v) is 3.66. The van der Waals surface area contributed by atoms with Crippen LogP contribution in [0.2, 0.25) is 0 Å². The molecular weight excluding hydrogens is 314 g/mol. The number of H-pyrrole nitrogens is 1. The highest BCUT2D eigenvalue weighted by atomic mass is 16.2. The number of nitrogens with one attached hydrogen (secondary N) is 2. The molecule has 0 unspecified atom stereocenters. The van der Waals surface area contributed by atoms with Crippen molar-refractivity contribution in [3.63, 3.8) is 0 Å². The third-order valence-electron chi connectivity index (χ3n) is 5.12. The molecule has 0 atom stereocenters. The number of nitrogens with zero attached hydrogens (tertiary/aromatic N) is 3. The predicted octanol–water partition coefficient (Wildman–Crippen LogP) is 2.05. The molecule has 0 bridgehead atoms. The minimum atomic E-state index is 0.141. The lowest BCUT2D eigenvalue weighted by Gasteiger charge is -2.36. The molecule has 2 heterocycles. The van der Waals surface area contributed by atoms with Crippen LogP contribution in [-0.4, -0.2) is 53.5 Å². The van der Waals surface area contributed by atoms with Crippen molar-refractivity contribution in [1.29, 1.82) is 0 Å². The Balaban J connectivity index is 1.27. The zero-order valence-electron chi connectivity index (χ0n) is 14.5. The van der Waals surface area contributed by atoms with Crippen LogP contribution in [0.3, 0.4) is 0 Å². The number of aromatic nitrogens is 2. The van der Waals surface area contributed by atoms with Crippen LogP contribution >= 0.6 is 0 Å².